The number of hydrogen-bond acceptors (Lipinski definition) is 4. The molecular weight excluding hydrogens is 222 g/mol. The van der Waals surface area contributed by atoms with Gasteiger partial charge in [-0.3, -0.25) is 0 Å². The number of ether oxygens (including phenoxy) is 2. The first-order valence-electron chi connectivity index (χ1n) is 5.26. The molecule has 1 rings (SSSR count). The van der Waals surface area contributed by atoms with Crippen LogP contribution in [0.25, 0.3) is 0 Å². The normalized spacial score (nSPS) is 11.1. The zero-order valence-electron chi connectivity index (χ0n) is 10.7. The van der Waals surface area contributed by atoms with E-state index in [1.807, 2.05) is 0 Å². The van der Waals surface area contributed by atoms with Crippen LogP contribution in [0.4, 0.5) is 0 Å². The summed E-state index contributed by atoms with van der Waals surface area (Å²) >= 11 is 0. The van der Waals surface area contributed by atoms with Crippen molar-refractivity contribution in [3.8, 4) is 0 Å². The minimum Gasteiger partial charge on any atom is -0.465 e. The van der Waals surface area contributed by atoms with E-state index in [9.17, 15) is 9.59 Å². The van der Waals surface area contributed by atoms with E-state index in [1.54, 1.807) is 27.7 Å². The highest BCUT2D eigenvalue weighted by molar-refractivity contribution is 5.97. The Morgan fingerprint density at radius 2 is 1.82 bits per heavy atom. The van der Waals surface area contributed by atoms with Crippen LogP contribution in [0.5, 0.6) is 0 Å². The molecule has 0 atom stereocenters. The molecule has 0 aromatic carbocycles. The number of nitrogens with one attached hydrogen (secondary N) is 1. The van der Waals surface area contributed by atoms with Gasteiger partial charge in [0, 0.05) is 6.20 Å². The summed E-state index contributed by atoms with van der Waals surface area (Å²) in [7, 11) is 1.29. The van der Waals surface area contributed by atoms with Gasteiger partial charge in [0.15, 0.2) is 0 Å². The fourth-order valence-corrected chi connectivity index (χ4v) is 1.36. The van der Waals surface area contributed by atoms with Gasteiger partial charge in [-0.05, 0) is 33.3 Å². The number of H-pyrrole nitrogens is 1. The third-order valence-corrected chi connectivity index (χ3v) is 2.15. The van der Waals surface area contributed by atoms with Crippen molar-refractivity contribution in [2.24, 2.45) is 0 Å². The second-order valence-electron chi connectivity index (χ2n) is 4.70. The van der Waals surface area contributed by atoms with E-state index in [0.29, 0.717) is 11.1 Å². The SMILES string of the molecule is COC(=O)c1c[nH]c(C(=O)OC(C)(C)C)c1C. The van der Waals surface area contributed by atoms with Crippen LogP contribution in [0, 0.1) is 6.92 Å². The van der Waals surface area contributed by atoms with Crippen molar-refractivity contribution < 1.29 is 19.1 Å². The van der Waals surface area contributed by atoms with Crippen molar-refractivity contribution in [3.63, 3.8) is 0 Å². The van der Waals surface area contributed by atoms with E-state index in [2.05, 4.69) is 9.72 Å². The van der Waals surface area contributed by atoms with Crippen molar-refractivity contribution in [3.05, 3.63) is 23.0 Å². The topological polar surface area (TPSA) is 68.4 Å². The monoisotopic (exact) mass is 239 g/mol. The highest BCUT2D eigenvalue weighted by Crippen LogP contribution is 2.17. The second-order valence-corrected chi connectivity index (χ2v) is 4.70. The summed E-state index contributed by atoms with van der Waals surface area (Å²) in [4.78, 5) is 25.9. The lowest BCUT2D eigenvalue weighted by atomic mass is 10.1. The number of carbonyl (C=O) groups excluding carboxylic acids is 2. The lowest BCUT2D eigenvalue weighted by molar-refractivity contribution is 0.00628. The van der Waals surface area contributed by atoms with Gasteiger partial charge in [0.2, 0.25) is 0 Å². The van der Waals surface area contributed by atoms with Gasteiger partial charge in [-0.15, -0.1) is 0 Å². The van der Waals surface area contributed by atoms with Crippen LogP contribution >= 0.6 is 0 Å². The molecule has 0 bridgehead atoms. The van der Waals surface area contributed by atoms with Gasteiger partial charge >= 0.3 is 11.9 Å². The quantitative estimate of drug-likeness (QED) is 0.802. The maximum absolute atomic E-state index is 11.8. The van der Waals surface area contributed by atoms with Crippen molar-refractivity contribution in [1.29, 1.82) is 0 Å². The summed E-state index contributed by atoms with van der Waals surface area (Å²) in [6.07, 6.45) is 1.44. The van der Waals surface area contributed by atoms with Crippen LogP contribution in [0.2, 0.25) is 0 Å². The Labute approximate surface area is 100 Å². The van der Waals surface area contributed by atoms with Crippen molar-refractivity contribution in [1.82, 2.24) is 4.98 Å². The third kappa shape index (κ3) is 3.09. The number of esters is 2. The summed E-state index contributed by atoms with van der Waals surface area (Å²) in [5.74, 6) is -0.960. The molecule has 17 heavy (non-hydrogen) atoms. The van der Waals surface area contributed by atoms with Gasteiger partial charge in [-0.2, -0.15) is 0 Å². The Morgan fingerprint density at radius 3 is 2.29 bits per heavy atom. The van der Waals surface area contributed by atoms with Crippen LogP contribution in [-0.4, -0.2) is 29.6 Å². The van der Waals surface area contributed by atoms with Gasteiger partial charge in [0.1, 0.15) is 11.3 Å². The highest BCUT2D eigenvalue weighted by atomic mass is 16.6. The number of rotatable bonds is 2. The minimum absolute atomic E-state index is 0.278. The first-order valence-corrected chi connectivity index (χ1v) is 5.26. The van der Waals surface area contributed by atoms with Crippen LogP contribution in [0.3, 0.4) is 0 Å². The first kappa shape index (κ1) is 13.3. The number of aromatic nitrogens is 1. The lowest BCUT2D eigenvalue weighted by Gasteiger charge is -2.19. The largest absolute Gasteiger partial charge is 0.465 e. The molecular formula is C12H17NO4. The minimum atomic E-state index is -0.569. The molecule has 0 aliphatic rings. The first-order chi connectivity index (χ1) is 7.76. The van der Waals surface area contributed by atoms with Crippen molar-refractivity contribution >= 4 is 11.9 Å². The molecule has 0 saturated carbocycles. The molecule has 1 aromatic heterocycles. The average Bonchev–Trinajstić information content (AvgIpc) is 2.56. The lowest BCUT2D eigenvalue weighted by Crippen LogP contribution is -2.24. The van der Waals surface area contributed by atoms with E-state index >= 15 is 0 Å². The van der Waals surface area contributed by atoms with Crippen LogP contribution in [0.1, 0.15) is 47.2 Å². The van der Waals surface area contributed by atoms with Gasteiger partial charge in [-0.25, -0.2) is 9.59 Å². The van der Waals surface area contributed by atoms with E-state index in [4.69, 9.17) is 4.74 Å². The molecule has 0 aliphatic carbocycles. The number of methoxy groups -OCH3 is 1. The van der Waals surface area contributed by atoms with Crippen LogP contribution in [0.15, 0.2) is 6.20 Å². The Balaban J connectivity index is 2.97. The molecule has 5 heteroatoms. The molecule has 0 fully saturated rings. The van der Waals surface area contributed by atoms with E-state index in [1.165, 1.54) is 13.3 Å². The van der Waals surface area contributed by atoms with Crippen molar-refractivity contribution in [2.45, 2.75) is 33.3 Å². The van der Waals surface area contributed by atoms with Gasteiger partial charge in [-0.1, -0.05) is 0 Å². The van der Waals surface area contributed by atoms with E-state index in [0.717, 1.165) is 0 Å². The zero-order chi connectivity index (χ0) is 13.2. The summed E-state index contributed by atoms with van der Waals surface area (Å²) in [5.41, 5.74) is 0.583. The Hall–Kier alpha value is -1.78. The molecule has 1 N–H and O–H groups in total. The predicted octanol–water partition coefficient (Wildman–Crippen LogP) is 2.07. The maximum atomic E-state index is 11.8. The van der Waals surface area contributed by atoms with Crippen molar-refractivity contribution in [2.75, 3.05) is 7.11 Å². The Morgan fingerprint density at radius 1 is 1.24 bits per heavy atom. The molecule has 5 nitrogen and oxygen atoms in total. The van der Waals surface area contributed by atoms with Gasteiger partial charge in [0.25, 0.3) is 0 Å². The maximum Gasteiger partial charge on any atom is 0.355 e. The predicted molar refractivity (Wildman–Crippen MR) is 62.0 cm³/mol. The fourth-order valence-electron chi connectivity index (χ4n) is 1.36. The van der Waals surface area contributed by atoms with Crippen LogP contribution < -0.4 is 0 Å². The molecule has 1 aromatic rings. The number of carbonyl (C=O) groups is 2. The molecule has 0 saturated heterocycles. The molecule has 0 aliphatic heterocycles. The fraction of sp³-hybridized carbons (Fsp3) is 0.500. The number of hydrogen-bond donors (Lipinski definition) is 1. The molecule has 1 heterocycles. The second kappa shape index (κ2) is 4.61. The van der Waals surface area contributed by atoms with E-state index in [-0.39, 0.29) is 5.69 Å². The smallest absolute Gasteiger partial charge is 0.355 e. The summed E-state index contributed by atoms with van der Waals surface area (Å²) in [5, 5.41) is 0. The molecule has 0 radical (unpaired) electrons. The van der Waals surface area contributed by atoms with E-state index < -0.39 is 17.5 Å². The molecule has 0 amide bonds. The average molecular weight is 239 g/mol. The zero-order valence-corrected chi connectivity index (χ0v) is 10.7. The van der Waals surface area contributed by atoms with Crippen LogP contribution in [-0.2, 0) is 9.47 Å². The third-order valence-electron chi connectivity index (χ3n) is 2.15. The van der Waals surface area contributed by atoms with Gasteiger partial charge in [0.05, 0.1) is 12.7 Å². The standard InChI is InChI=1S/C12H17NO4/c1-7-8(10(14)16-5)6-13-9(7)11(15)17-12(2,3)4/h6,13H,1-5H3. The molecule has 94 valence electrons. The van der Waals surface area contributed by atoms with Gasteiger partial charge < -0.3 is 14.5 Å². The molecule has 0 spiro atoms. The highest BCUT2D eigenvalue weighted by Gasteiger charge is 2.23. The molecule has 0 unspecified atom stereocenters. The Bertz CT molecular complexity index is 440. The summed E-state index contributed by atoms with van der Waals surface area (Å²) < 4.78 is 9.81. The summed E-state index contributed by atoms with van der Waals surface area (Å²) in [6.45, 7) is 7.02. The Kier molecular flexibility index (Phi) is 3.60. The number of aromatic amines is 1. The summed E-state index contributed by atoms with van der Waals surface area (Å²) in [6, 6.07) is 0.